The first-order valence-electron chi connectivity index (χ1n) is 6.48. The van der Waals surface area contributed by atoms with Gasteiger partial charge in [0.25, 0.3) is 5.91 Å². The number of hydrogen-bond acceptors (Lipinski definition) is 4. The molecule has 1 saturated heterocycles. The molecule has 0 atom stereocenters. The first-order chi connectivity index (χ1) is 9.53. The average molecular weight is 295 g/mol. The van der Waals surface area contributed by atoms with Gasteiger partial charge in [-0.15, -0.1) is 0 Å². The predicted octanol–water partition coefficient (Wildman–Crippen LogP) is 1.66. The van der Waals surface area contributed by atoms with Gasteiger partial charge in [0.15, 0.2) is 0 Å². The van der Waals surface area contributed by atoms with Gasteiger partial charge in [-0.1, -0.05) is 12.1 Å². The number of sulfonamides is 1. The summed E-state index contributed by atoms with van der Waals surface area (Å²) in [4.78, 5) is 11.8. The molecule has 1 amide bonds. The van der Waals surface area contributed by atoms with E-state index in [1.54, 1.807) is 18.2 Å². The van der Waals surface area contributed by atoms with Crippen molar-refractivity contribution in [2.75, 3.05) is 18.9 Å². The summed E-state index contributed by atoms with van der Waals surface area (Å²) in [5, 5.41) is 0. The summed E-state index contributed by atoms with van der Waals surface area (Å²) in [5.41, 5.74) is 0.818. The smallest absolute Gasteiger partial charge is 0.260 e. The molecule has 0 aromatic heterocycles. The summed E-state index contributed by atoms with van der Waals surface area (Å²) in [7, 11) is -3.39. The maximum atomic E-state index is 11.8. The van der Waals surface area contributed by atoms with Crippen LogP contribution in [0.4, 0.5) is 0 Å². The maximum Gasteiger partial charge on any atom is 0.260 e. The summed E-state index contributed by atoms with van der Waals surface area (Å²) in [5.74, 6) is 0.324. The second-order valence-electron chi connectivity index (χ2n) is 4.42. The third-order valence-corrected chi connectivity index (χ3v) is 4.79. The fourth-order valence-electron chi connectivity index (χ4n) is 1.98. The van der Waals surface area contributed by atoms with Gasteiger partial charge in [-0.25, -0.2) is 12.7 Å². The lowest BCUT2D eigenvalue weighted by atomic mass is 10.2. The molecule has 0 aliphatic carbocycles. The van der Waals surface area contributed by atoms with E-state index < -0.39 is 15.9 Å². The first kappa shape index (κ1) is 14.6. The molecule has 5 nitrogen and oxygen atoms in total. The molecular formula is C14H17NO4S. The number of carbonyl (C=O) groups is 1. The van der Waals surface area contributed by atoms with Crippen LogP contribution in [0.25, 0.3) is 6.08 Å². The van der Waals surface area contributed by atoms with Gasteiger partial charge in [0.1, 0.15) is 5.75 Å². The normalized spacial score (nSPS) is 17.6. The highest BCUT2D eigenvalue weighted by atomic mass is 32.2. The Balaban J connectivity index is 2.04. The second kappa shape index (κ2) is 6.09. The topological polar surface area (TPSA) is 63.7 Å². The number of nitrogens with zero attached hydrogens (tertiary/aromatic N) is 1. The van der Waals surface area contributed by atoms with E-state index in [0.717, 1.165) is 15.6 Å². The Bertz CT molecular complexity index is 605. The summed E-state index contributed by atoms with van der Waals surface area (Å²) in [6.07, 6.45) is 3.40. The van der Waals surface area contributed by atoms with E-state index in [1.165, 1.54) is 6.08 Å². The molecule has 2 rings (SSSR count). The Morgan fingerprint density at radius 2 is 2.05 bits per heavy atom. The highest BCUT2D eigenvalue weighted by Crippen LogP contribution is 2.16. The van der Waals surface area contributed by atoms with Crippen LogP contribution in [0, 0.1) is 0 Å². The molecule has 1 aliphatic rings. The second-order valence-corrected chi connectivity index (χ2v) is 6.43. The summed E-state index contributed by atoms with van der Waals surface area (Å²) < 4.78 is 29.4. The minimum absolute atomic E-state index is 0.0512. The van der Waals surface area contributed by atoms with E-state index in [4.69, 9.17) is 4.74 Å². The van der Waals surface area contributed by atoms with Gasteiger partial charge in [-0.05, 0) is 37.1 Å². The standard InChI is InChI=1S/C14H17NO4S/c1-2-19-13-7-4-12(5-8-13)6-9-14(16)15-10-3-11-20(15,17)18/h4-9H,2-3,10-11H2,1H3/b9-6-. The van der Waals surface area contributed by atoms with Gasteiger partial charge < -0.3 is 4.74 Å². The van der Waals surface area contributed by atoms with E-state index in [2.05, 4.69) is 0 Å². The van der Waals surface area contributed by atoms with Gasteiger partial charge in [0, 0.05) is 12.6 Å². The molecule has 6 heteroatoms. The Kier molecular flexibility index (Phi) is 4.44. The highest BCUT2D eigenvalue weighted by Gasteiger charge is 2.30. The van der Waals surface area contributed by atoms with Crippen molar-refractivity contribution in [1.29, 1.82) is 0 Å². The molecule has 1 aliphatic heterocycles. The van der Waals surface area contributed by atoms with Crippen molar-refractivity contribution in [1.82, 2.24) is 4.31 Å². The third-order valence-electron chi connectivity index (χ3n) is 2.95. The lowest BCUT2D eigenvalue weighted by molar-refractivity contribution is -0.121. The molecule has 1 fully saturated rings. The van der Waals surface area contributed by atoms with Crippen molar-refractivity contribution in [2.24, 2.45) is 0 Å². The molecule has 0 radical (unpaired) electrons. The number of ether oxygens (including phenoxy) is 1. The van der Waals surface area contributed by atoms with Crippen molar-refractivity contribution in [2.45, 2.75) is 13.3 Å². The van der Waals surface area contributed by atoms with Crippen LogP contribution in [0.5, 0.6) is 5.75 Å². The average Bonchev–Trinajstić information content (AvgIpc) is 2.78. The Morgan fingerprint density at radius 3 is 2.60 bits per heavy atom. The quantitative estimate of drug-likeness (QED) is 0.793. The fraction of sp³-hybridized carbons (Fsp3) is 0.357. The van der Waals surface area contributed by atoms with E-state index in [9.17, 15) is 13.2 Å². The number of amides is 1. The molecule has 0 bridgehead atoms. The van der Waals surface area contributed by atoms with Crippen LogP contribution in [0.2, 0.25) is 0 Å². The molecule has 20 heavy (non-hydrogen) atoms. The van der Waals surface area contributed by atoms with Crippen LogP contribution >= 0.6 is 0 Å². The minimum atomic E-state index is -3.39. The number of benzene rings is 1. The van der Waals surface area contributed by atoms with E-state index in [-0.39, 0.29) is 12.3 Å². The molecule has 0 saturated carbocycles. The van der Waals surface area contributed by atoms with Crippen molar-refractivity contribution in [3.8, 4) is 5.75 Å². The van der Waals surface area contributed by atoms with Crippen LogP contribution in [-0.2, 0) is 14.8 Å². The zero-order valence-electron chi connectivity index (χ0n) is 11.3. The molecule has 1 heterocycles. The van der Waals surface area contributed by atoms with Crippen molar-refractivity contribution in [3.05, 3.63) is 35.9 Å². The van der Waals surface area contributed by atoms with Crippen molar-refractivity contribution >= 4 is 22.0 Å². The SMILES string of the molecule is CCOc1ccc(/C=C\C(=O)N2CCCS2(=O)=O)cc1. The Hall–Kier alpha value is -1.82. The van der Waals surface area contributed by atoms with E-state index in [0.29, 0.717) is 13.0 Å². The number of carbonyl (C=O) groups excluding carboxylic acids is 1. The lowest BCUT2D eigenvalue weighted by Crippen LogP contribution is -2.30. The van der Waals surface area contributed by atoms with Gasteiger partial charge in [-0.3, -0.25) is 4.79 Å². The highest BCUT2D eigenvalue weighted by molar-refractivity contribution is 7.89. The molecule has 0 spiro atoms. The van der Waals surface area contributed by atoms with Crippen LogP contribution in [-0.4, -0.2) is 37.5 Å². The summed E-state index contributed by atoms with van der Waals surface area (Å²) in [6, 6.07) is 7.24. The van der Waals surface area contributed by atoms with E-state index in [1.807, 2.05) is 19.1 Å². The summed E-state index contributed by atoms with van der Waals surface area (Å²) >= 11 is 0. The van der Waals surface area contributed by atoms with Gasteiger partial charge in [0.05, 0.1) is 12.4 Å². The predicted molar refractivity (Wildman–Crippen MR) is 76.8 cm³/mol. The molecule has 108 valence electrons. The fourth-order valence-corrected chi connectivity index (χ4v) is 3.44. The number of rotatable bonds is 4. The van der Waals surface area contributed by atoms with Crippen molar-refractivity contribution in [3.63, 3.8) is 0 Å². The maximum absolute atomic E-state index is 11.8. The molecule has 0 N–H and O–H groups in total. The lowest BCUT2D eigenvalue weighted by Gasteiger charge is -2.11. The van der Waals surface area contributed by atoms with Crippen LogP contribution < -0.4 is 4.74 Å². The largest absolute Gasteiger partial charge is 0.494 e. The van der Waals surface area contributed by atoms with Gasteiger partial charge in [0.2, 0.25) is 10.0 Å². The van der Waals surface area contributed by atoms with E-state index >= 15 is 0 Å². The zero-order chi connectivity index (χ0) is 14.6. The third kappa shape index (κ3) is 3.39. The first-order valence-corrected chi connectivity index (χ1v) is 8.09. The number of hydrogen-bond donors (Lipinski definition) is 0. The molecule has 1 aromatic rings. The van der Waals surface area contributed by atoms with Gasteiger partial charge >= 0.3 is 0 Å². The monoisotopic (exact) mass is 295 g/mol. The summed E-state index contributed by atoms with van der Waals surface area (Å²) in [6.45, 7) is 2.78. The Labute approximate surface area is 118 Å². The Morgan fingerprint density at radius 1 is 1.35 bits per heavy atom. The zero-order valence-corrected chi connectivity index (χ0v) is 12.1. The van der Waals surface area contributed by atoms with Crippen LogP contribution in [0.15, 0.2) is 30.3 Å². The molecule has 0 unspecified atom stereocenters. The minimum Gasteiger partial charge on any atom is -0.494 e. The van der Waals surface area contributed by atoms with Crippen LogP contribution in [0.1, 0.15) is 18.9 Å². The van der Waals surface area contributed by atoms with Crippen LogP contribution in [0.3, 0.4) is 0 Å². The molecular weight excluding hydrogens is 278 g/mol. The van der Waals surface area contributed by atoms with Gasteiger partial charge in [-0.2, -0.15) is 0 Å². The van der Waals surface area contributed by atoms with Crippen molar-refractivity contribution < 1.29 is 17.9 Å². The molecule has 1 aromatic carbocycles.